The summed E-state index contributed by atoms with van der Waals surface area (Å²) < 4.78 is 0. The lowest BCUT2D eigenvalue weighted by molar-refractivity contribution is 0.100. The van der Waals surface area contributed by atoms with E-state index in [1.165, 1.54) is 38.6 Å². The number of nitrogens with zero attached hydrogens (tertiary/aromatic N) is 1. The molecule has 0 amide bonds. The zero-order valence-electron chi connectivity index (χ0n) is 11.6. The maximum Gasteiger partial charge on any atom is 0.00697 e. The summed E-state index contributed by atoms with van der Waals surface area (Å²) in [5.41, 5.74) is 0. The molecule has 1 saturated heterocycles. The first-order valence-corrected chi connectivity index (χ1v) is 7.14. The molecular formula is C14H30N2. The van der Waals surface area contributed by atoms with E-state index in [0.29, 0.717) is 6.04 Å². The summed E-state index contributed by atoms with van der Waals surface area (Å²) in [6, 6.07) is 2.29. The first kappa shape index (κ1) is 14.0. The highest BCUT2D eigenvalue weighted by molar-refractivity contribution is 4.79. The smallest absolute Gasteiger partial charge is 0.00697 e. The predicted molar refractivity (Wildman–Crippen MR) is 71.9 cm³/mol. The van der Waals surface area contributed by atoms with Gasteiger partial charge in [0.15, 0.2) is 0 Å². The van der Waals surface area contributed by atoms with E-state index in [0.717, 1.165) is 18.6 Å². The number of nitrogens with one attached hydrogen (secondary N) is 1. The van der Waals surface area contributed by atoms with Gasteiger partial charge >= 0.3 is 0 Å². The zero-order chi connectivity index (χ0) is 12.0. The van der Waals surface area contributed by atoms with Gasteiger partial charge in [0.2, 0.25) is 0 Å². The van der Waals surface area contributed by atoms with Crippen LogP contribution in [-0.4, -0.2) is 36.1 Å². The SMILES string of the molecule is CCNC(C)CCCN1[C@H](C)CCC[C@@H]1C. The van der Waals surface area contributed by atoms with Gasteiger partial charge < -0.3 is 5.32 Å². The van der Waals surface area contributed by atoms with Crippen molar-refractivity contribution < 1.29 is 0 Å². The van der Waals surface area contributed by atoms with E-state index >= 15 is 0 Å². The number of hydrogen-bond acceptors (Lipinski definition) is 2. The molecule has 1 fully saturated rings. The lowest BCUT2D eigenvalue weighted by Crippen LogP contribution is -2.44. The average Bonchev–Trinajstić information content (AvgIpc) is 2.23. The molecule has 0 aromatic heterocycles. The Balaban J connectivity index is 2.19. The van der Waals surface area contributed by atoms with Crippen LogP contribution < -0.4 is 5.32 Å². The lowest BCUT2D eigenvalue weighted by atomic mass is 9.97. The monoisotopic (exact) mass is 226 g/mol. The quantitative estimate of drug-likeness (QED) is 0.749. The first-order chi connectivity index (χ1) is 7.65. The molecular weight excluding hydrogens is 196 g/mol. The van der Waals surface area contributed by atoms with Gasteiger partial charge in [-0.15, -0.1) is 0 Å². The van der Waals surface area contributed by atoms with Gasteiger partial charge in [0.1, 0.15) is 0 Å². The van der Waals surface area contributed by atoms with E-state index in [1.807, 2.05) is 0 Å². The maximum absolute atomic E-state index is 3.49. The Bertz CT molecular complexity index is 172. The van der Waals surface area contributed by atoms with Crippen LogP contribution in [0.3, 0.4) is 0 Å². The second-order valence-electron chi connectivity index (χ2n) is 5.47. The molecule has 1 rings (SSSR count). The third-order valence-electron chi connectivity index (χ3n) is 3.98. The maximum atomic E-state index is 3.49. The highest BCUT2D eigenvalue weighted by Gasteiger charge is 2.23. The van der Waals surface area contributed by atoms with Gasteiger partial charge in [-0.2, -0.15) is 0 Å². The van der Waals surface area contributed by atoms with Gasteiger partial charge in [-0.05, 0) is 59.5 Å². The van der Waals surface area contributed by atoms with Crippen molar-refractivity contribution in [3.05, 3.63) is 0 Å². The van der Waals surface area contributed by atoms with Crippen LogP contribution in [0.5, 0.6) is 0 Å². The van der Waals surface area contributed by atoms with Gasteiger partial charge in [0.05, 0.1) is 0 Å². The average molecular weight is 226 g/mol. The van der Waals surface area contributed by atoms with E-state index in [2.05, 4.69) is 37.9 Å². The van der Waals surface area contributed by atoms with Crippen molar-refractivity contribution in [3.63, 3.8) is 0 Å². The van der Waals surface area contributed by atoms with Crippen molar-refractivity contribution in [2.45, 2.75) is 77.9 Å². The third-order valence-corrected chi connectivity index (χ3v) is 3.98. The van der Waals surface area contributed by atoms with Gasteiger partial charge in [-0.25, -0.2) is 0 Å². The fraction of sp³-hybridized carbons (Fsp3) is 1.00. The summed E-state index contributed by atoms with van der Waals surface area (Å²) in [7, 11) is 0. The summed E-state index contributed by atoms with van der Waals surface area (Å²) in [4.78, 5) is 2.71. The molecule has 16 heavy (non-hydrogen) atoms. The minimum atomic E-state index is 0.681. The predicted octanol–water partition coefficient (Wildman–Crippen LogP) is 3.03. The second kappa shape index (κ2) is 7.29. The van der Waals surface area contributed by atoms with Crippen LogP contribution in [0.25, 0.3) is 0 Å². The van der Waals surface area contributed by atoms with Crippen molar-refractivity contribution in [3.8, 4) is 0 Å². The van der Waals surface area contributed by atoms with Gasteiger partial charge in [-0.3, -0.25) is 4.90 Å². The standard InChI is InChI=1S/C14H30N2/c1-5-15-12(2)8-7-11-16-13(3)9-6-10-14(16)4/h12-15H,5-11H2,1-4H3/t12?,13-,14+. The van der Waals surface area contributed by atoms with Gasteiger partial charge in [0, 0.05) is 18.1 Å². The van der Waals surface area contributed by atoms with Crippen molar-refractivity contribution in [2.75, 3.05) is 13.1 Å². The van der Waals surface area contributed by atoms with Crippen LogP contribution in [0.15, 0.2) is 0 Å². The molecule has 1 heterocycles. The first-order valence-electron chi connectivity index (χ1n) is 7.14. The van der Waals surface area contributed by atoms with E-state index in [4.69, 9.17) is 0 Å². The normalized spacial score (nSPS) is 29.2. The molecule has 1 aliphatic rings. The van der Waals surface area contributed by atoms with Crippen molar-refractivity contribution in [1.29, 1.82) is 0 Å². The molecule has 0 aromatic rings. The molecule has 0 saturated carbocycles. The van der Waals surface area contributed by atoms with Crippen LogP contribution in [0.4, 0.5) is 0 Å². The van der Waals surface area contributed by atoms with E-state index in [1.54, 1.807) is 0 Å². The summed E-state index contributed by atoms with van der Waals surface area (Å²) in [5, 5.41) is 3.49. The highest BCUT2D eigenvalue weighted by Crippen LogP contribution is 2.22. The number of rotatable bonds is 6. The fourth-order valence-electron chi connectivity index (χ4n) is 2.95. The number of piperidine rings is 1. The van der Waals surface area contributed by atoms with Crippen LogP contribution in [-0.2, 0) is 0 Å². The summed E-state index contributed by atoms with van der Waals surface area (Å²) in [6.45, 7) is 11.7. The molecule has 0 radical (unpaired) electrons. The van der Waals surface area contributed by atoms with Crippen LogP contribution >= 0.6 is 0 Å². The molecule has 2 nitrogen and oxygen atoms in total. The largest absolute Gasteiger partial charge is 0.315 e. The zero-order valence-corrected chi connectivity index (χ0v) is 11.6. The Morgan fingerprint density at radius 2 is 1.88 bits per heavy atom. The Morgan fingerprint density at radius 3 is 2.44 bits per heavy atom. The Hall–Kier alpha value is -0.0800. The number of hydrogen-bond donors (Lipinski definition) is 1. The fourth-order valence-corrected chi connectivity index (χ4v) is 2.95. The molecule has 3 atom stereocenters. The number of likely N-dealkylation sites (tertiary alicyclic amines) is 1. The van der Waals surface area contributed by atoms with Crippen molar-refractivity contribution in [2.24, 2.45) is 0 Å². The van der Waals surface area contributed by atoms with Crippen LogP contribution in [0.1, 0.15) is 59.8 Å². The minimum absolute atomic E-state index is 0.681. The molecule has 0 bridgehead atoms. The Kier molecular flexibility index (Phi) is 6.37. The molecule has 1 N–H and O–H groups in total. The van der Waals surface area contributed by atoms with Gasteiger partial charge in [-0.1, -0.05) is 13.3 Å². The molecule has 1 aliphatic heterocycles. The van der Waals surface area contributed by atoms with Crippen LogP contribution in [0.2, 0.25) is 0 Å². The summed E-state index contributed by atoms with van der Waals surface area (Å²) in [5.74, 6) is 0. The molecule has 2 heteroatoms. The van der Waals surface area contributed by atoms with Crippen molar-refractivity contribution >= 4 is 0 Å². The summed E-state index contributed by atoms with van der Waals surface area (Å²) in [6.07, 6.45) is 6.86. The van der Waals surface area contributed by atoms with Gasteiger partial charge in [0.25, 0.3) is 0 Å². The second-order valence-corrected chi connectivity index (χ2v) is 5.47. The minimum Gasteiger partial charge on any atom is -0.315 e. The van der Waals surface area contributed by atoms with E-state index < -0.39 is 0 Å². The third kappa shape index (κ3) is 4.42. The Morgan fingerprint density at radius 1 is 1.25 bits per heavy atom. The molecule has 1 unspecified atom stereocenters. The van der Waals surface area contributed by atoms with Crippen molar-refractivity contribution in [1.82, 2.24) is 10.2 Å². The van der Waals surface area contributed by atoms with Crippen LogP contribution in [0, 0.1) is 0 Å². The topological polar surface area (TPSA) is 15.3 Å². The molecule has 96 valence electrons. The molecule has 0 aliphatic carbocycles. The highest BCUT2D eigenvalue weighted by atomic mass is 15.2. The summed E-state index contributed by atoms with van der Waals surface area (Å²) >= 11 is 0. The molecule has 0 spiro atoms. The molecule has 0 aromatic carbocycles. The van der Waals surface area contributed by atoms with E-state index in [-0.39, 0.29) is 0 Å². The Labute approximate surface area is 102 Å². The van der Waals surface area contributed by atoms with E-state index in [9.17, 15) is 0 Å². The lowest BCUT2D eigenvalue weighted by Gasteiger charge is -2.39.